The minimum absolute atomic E-state index is 0.136. The van der Waals surface area contributed by atoms with Crippen molar-refractivity contribution in [2.45, 2.75) is 14.7 Å². The molecule has 3 nitrogen and oxygen atoms in total. The van der Waals surface area contributed by atoms with E-state index >= 15 is 0 Å². The van der Waals surface area contributed by atoms with E-state index < -0.39 is 10.1 Å². The van der Waals surface area contributed by atoms with Crippen molar-refractivity contribution in [2.75, 3.05) is 0 Å². The first-order valence-electron chi connectivity index (χ1n) is 4.31. The monoisotopic (exact) mass is 272 g/mol. The van der Waals surface area contributed by atoms with Crippen LogP contribution in [0.4, 0.5) is 0 Å². The molecule has 0 atom stereocenters. The Balaban J connectivity index is 2.94. The third kappa shape index (κ3) is 2.20. The normalized spacial score (nSPS) is 11.9. The van der Waals surface area contributed by atoms with Crippen LogP contribution in [-0.4, -0.2) is 13.0 Å². The molecular weight excluding hydrogens is 264 g/mol. The van der Waals surface area contributed by atoms with Crippen molar-refractivity contribution in [1.29, 1.82) is 0 Å². The molecule has 0 fully saturated rings. The van der Waals surface area contributed by atoms with Crippen molar-refractivity contribution in [3.8, 4) is 0 Å². The van der Waals surface area contributed by atoms with E-state index in [9.17, 15) is 8.42 Å². The van der Waals surface area contributed by atoms with Gasteiger partial charge in [-0.25, -0.2) is 0 Å². The molecule has 1 N–H and O–H groups in total. The summed E-state index contributed by atoms with van der Waals surface area (Å²) in [4.78, 5) is 1.05. The molecule has 0 bridgehead atoms. The van der Waals surface area contributed by atoms with Gasteiger partial charge in [0, 0.05) is 15.2 Å². The van der Waals surface area contributed by atoms with Crippen LogP contribution >= 0.6 is 25.3 Å². The number of hydrogen-bond donors (Lipinski definition) is 3. The lowest BCUT2D eigenvalue weighted by Crippen LogP contribution is -1.99. The van der Waals surface area contributed by atoms with Gasteiger partial charge in [0.25, 0.3) is 10.1 Å². The quantitative estimate of drug-likeness (QED) is 0.552. The molecule has 0 aliphatic rings. The Labute approximate surface area is 104 Å². The minimum atomic E-state index is -4.24. The number of hydrogen-bond acceptors (Lipinski definition) is 4. The zero-order chi connectivity index (χ0) is 11.9. The summed E-state index contributed by atoms with van der Waals surface area (Å²) < 4.78 is 31.5. The molecule has 0 amide bonds. The standard InChI is InChI=1S/C10H8O3S3/c11-16(12,13)10-5-8(15)4-6-3-7(14)1-2-9(6)10/h1-5,14-15H,(H,11,12,13). The third-order valence-corrected chi connectivity index (χ3v) is 3.59. The lowest BCUT2D eigenvalue weighted by atomic mass is 10.1. The lowest BCUT2D eigenvalue weighted by Gasteiger charge is -2.05. The van der Waals surface area contributed by atoms with Crippen LogP contribution in [-0.2, 0) is 10.1 Å². The van der Waals surface area contributed by atoms with E-state index in [0.717, 1.165) is 0 Å². The maximum atomic E-state index is 11.2. The third-order valence-electron chi connectivity index (χ3n) is 2.16. The molecule has 0 spiro atoms. The van der Waals surface area contributed by atoms with E-state index in [4.69, 9.17) is 4.55 Å². The highest BCUT2D eigenvalue weighted by Gasteiger charge is 2.14. The Hall–Kier alpha value is -0.690. The van der Waals surface area contributed by atoms with Gasteiger partial charge in [0.1, 0.15) is 4.90 Å². The predicted octanol–water partition coefficient (Wildman–Crippen LogP) is 2.66. The van der Waals surface area contributed by atoms with Gasteiger partial charge in [-0.15, -0.1) is 25.3 Å². The van der Waals surface area contributed by atoms with Gasteiger partial charge in [0.05, 0.1) is 0 Å². The minimum Gasteiger partial charge on any atom is -0.282 e. The van der Waals surface area contributed by atoms with Crippen molar-refractivity contribution < 1.29 is 13.0 Å². The van der Waals surface area contributed by atoms with Crippen LogP contribution in [0.2, 0.25) is 0 Å². The molecule has 84 valence electrons. The van der Waals surface area contributed by atoms with Crippen LogP contribution < -0.4 is 0 Å². The molecule has 0 unspecified atom stereocenters. The second kappa shape index (κ2) is 3.96. The van der Waals surface area contributed by atoms with Crippen LogP contribution in [0.25, 0.3) is 10.8 Å². The number of thiol groups is 2. The van der Waals surface area contributed by atoms with Crippen molar-refractivity contribution in [3.05, 3.63) is 30.3 Å². The highest BCUT2D eigenvalue weighted by molar-refractivity contribution is 7.86. The predicted molar refractivity (Wildman–Crippen MR) is 68.3 cm³/mol. The van der Waals surface area contributed by atoms with Crippen LogP contribution in [0.1, 0.15) is 0 Å². The highest BCUT2D eigenvalue weighted by Crippen LogP contribution is 2.28. The van der Waals surface area contributed by atoms with Crippen LogP contribution in [0, 0.1) is 0 Å². The lowest BCUT2D eigenvalue weighted by molar-refractivity contribution is 0.484. The Kier molecular flexibility index (Phi) is 2.91. The largest absolute Gasteiger partial charge is 0.295 e. The summed E-state index contributed by atoms with van der Waals surface area (Å²) in [6, 6.07) is 8.02. The summed E-state index contributed by atoms with van der Waals surface area (Å²) in [5, 5.41) is 1.13. The van der Waals surface area contributed by atoms with E-state index in [1.165, 1.54) is 6.07 Å². The summed E-state index contributed by atoms with van der Waals surface area (Å²) in [6.45, 7) is 0. The van der Waals surface area contributed by atoms with Crippen molar-refractivity contribution in [2.24, 2.45) is 0 Å². The smallest absolute Gasteiger partial charge is 0.282 e. The Morgan fingerprint density at radius 2 is 1.62 bits per heavy atom. The van der Waals surface area contributed by atoms with E-state index in [1.54, 1.807) is 24.3 Å². The number of rotatable bonds is 1. The van der Waals surface area contributed by atoms with Gasteiger partial charge in [-0.2, -0.15) is 8.42 Å². The maximum Gasteiger partial charge on any atom is 0.295 e. The van der Waals surface area contributed by atoms with Gasteiger partial charge >= 0.3 is 0 Å². The number of fused-ring (bicyclic) bond motifs is 1. The van der Waals surface area contributed by atoms with Gasteiger partial charge in [0.2, 0.25) is 0 Å². The van der Waals surface area contributed by atoms with Gasteiger partial charge in [0.15, 0.2) is 0 Å². The van der Waals surface area contributed by atoms with Crippen LogP contribution in [0.3, 0.4) is 0 Å². The average molecular weight is 272 g/mol. The molecule has 6 heteroatoms. The molecule has 2 rings (SSSR count). The molecule has 16 heavy (non-hydrogen) atoms. The molecule has 0 heterocycles. The fourth-order valence-corrected chi connectivity index (χ4v) is 2.83. The summed E-state index contributed by atoms with van der Waals surface area (Å²) in [6.07, 6.45) is 0. The highest BCUT2D eigenvalue weighted by atomic mass is 32.2. The Bertz CT molecular complexity index is 657. The summed E-state index contributed by atoms with van der Waals surface area (Å²) in [5.41, 5.74) is 0. The molecular formula is C10H8O3S3. The average Bonchev–Trinajstić information content (AvgIpc) is 2.14. The fraction of sp³-hybridized carbons (Fsp3) is 0. The topological polar surface area (TPSA) is 54.4 Å². The second-order valence-electron chi connectivity index (χ2n) is 3.32. The molecule has 0 saturated carbocycles. The van der Waals surface area contributed by atoms with Gasteiger partial charge in [-0.1, -0.05) is 6.07 Å². The Morgan fingerprint density at radius 3 is 2.25 bits per heavy atom. The molecule has 2 aromatic rings. The number of benzene rings is 2. The van der Waals surface area contributed by atoms with Gasteiger partial charge < -0.3 is 0 Å². The van der Waals surface area contributed by atoms with Crippen molar-refractivity contribution in [3.63, 3.8) is 0 Å². The van der Waals surface area contributed by atoms with E-state index in [2.05, 4.69) is 25.3 Å². The second-order valence-corrected chi connectivity index (χ2v) is 5.75. The molecule has 0 aliphatic carbocycles. The molecule has 0 aromatic heterocycles. The Morgan fingerprint density at radius 1 is 1.00 bits per heavy atom. The zero-order valence-electron chi connectivity index (χ0n) is 7.95. The first kappa shape index (κ1) is 11.8. The van der Waals surface area contributed by atoms with Gasteiger partial charge in [-0.3, -0.25) is 4.55 Å². The van der Waals surface area contributed by atoms with Gasteiger partial charge in [-0.05, 0) is 29.7 Å². The van der Waals surface area contributed by atoms with E-state index in [-0.39, 0.29) is 4.90 Å². The first-order chi connectivity index (χ1) is 7.38. The maximum absolute atomic E-state index is 11.2. The zero-order valence-corrected chi connectivity index (χ0v) is 10.6. The first-order valence-corrected chi connectivity index (χ1v) is 6.64. The SMILES string of the molecule is O=S(=O)(O)c1cc(S)cc2cc(S)ccc12. The van der Waals surface area contributed by atoms with E-state index in [0.29, 0.717) is 20.6 Å². The molecule has 0 aliphatic heterocycles. The van der Waals surface area contributed by atoms with E-state index in [1.807, 2.05) is 0 Å². The van der Waals surface area contributed by atoms with Crippen molar-refractivity contribution in [1.82, 2.24) is 0 Å². The fourth-order valence-electron chi connectivity index (χ4n) is 1.52. The molecule has 2 aromatic carbocycles. The molecule has 0 radical (unpaired) electrons. The summed E-state index contributed by atoms with van der Waals surface area (Å²) in [7, 11) is -4.24. The van der Waals surface area contributed by atoms with Crippen molar-refractivity contribution >= 4 is 46.1 Å². The van der Waals surface area contributed by atoms with Crippen LogP contribution in [0.5, 0.6) is 0 Å². The summed E-state index contributed by atoms with van der Waals surface area (Å²) >= 11 is 8.26. The summed E-state index contributed by atoms with van der Waals surface area (Å²) in [5.74, 6) is 0. The molecule has 0 saturated heterocycles. The van der Waals surface area contributed by atoms with Crippen LogP contribution in [0.15, 0.2) is 45.0 Å².